The third kappa shape index (κ3) is 3.21. The van der Waals surface area contributed by atoms with Crippen LogP contribution in [0.25, 0.3) is 0 Å². The van der Waals surface area contributed by atoms with Gasteiger partial charge >= 0.3 is 0 Å². The fourth-order valence-electron chi connectivity index (χ4n) is 2.89. The molecule has 1 aromatic heterocycles. The number of rotatable bonds is 3. The Morgan fingerprint density at radius 3 is 2.58 bits per heavy atom. The number of aromatic nitrogens is 2. The third-order valence-corrected chi connectivity index (χ3v) is 4.29. The molecule has 2 aliphatic heterocycles. The average molecular weight is 327 g/mol. The van der Waals surface area contributed by atoms with E-state index in [-0.39, 0.29) is 0 Å². The molecule has 126 valence electrons. The minimum absolute atomic E-state index is 0.581. The van der Waals surface area contributed by atoms with Crippen LogP contribution in [0.2, 0.25) is 0 Å². The summed E-state index contributed by atoms with van der Waals surface area (Å²) in [5.74, 6) is 3.28. The Morgan fingerprint density at radius 1 is 0.958 bits per heavy atom. The second kappa shape index (κ2) is 6.52. The van der Waals surface area contributed by atoms with E-state index in [2.05, 4.69) is 32.1 Å². The summed E-state index contributed by atoms with van der Waals surface area (Å²) < 4.78 is 11.2. The number of piperazine rings is 1. The van der Waals surface area contributed by atoms with Crippen LogP contribution in [-0.4, -0.2) is 61.3 Å². The first-order valence-corrected chi connectivity index (χ1v) is 8.20. The second-order valence-corrected chi connectivity index (χ2v) is 6.04. The highest BCUT2D eigenvalue weighted by atomic mass is 16.6. The SMILES string of the molecule is CN1CCN(c2cc(Nc3ccc4c(c3)OCCO4)ncn2)CC1. The summed E-state index contributed by atoms with van der Waals surface area (Å²) in [5, 5.41) is 3.32. The average Bonchev–Trinajstić information content (AvgIpc) is 2.62. The summed E-state index contributed by atoms with van der Waals surface area (Å²) in [7, 11) is 2.15. The van der Waals surface area contributed by atoms with Crippen molar-refractivity contribution in [3.05, 3.63) is 30.6 Å². The van der Waals surface area contributed by atoms with Crippen LogP contribution in [0, 0.1) is 0 Å². The lowest BCUT2D eigenvalue weighted by atomic mass is 10.2. The topological polar surface area (TPSA) is 62.8 Å². The first-order chi connectivity index (χ1) is 11.8. The van der Waals surface area contributed by atoms with Gasteiger partial charge in [-0.15, -0.1) is 0 Å². The molecule has 0 unspecified atom stereocenters. The number of nitrogens with one attached hydrogen (secondary N) is 1. The van der Waals surface area contributed by atoms with Crippen molar-refractivity contribution in [2.45, 2.75) is 0 Å². The zero-order valence-electron chi connectivity index (χ0n) is 13.7. The number of nitrogens with zero attached hydrogens (tertiary/aromatic N) is 4. The fraction of sp³-hybridized carbons (Fsp3) is 0.412. The first kappa shape index (κ1) is 15.0. The van der Waals surface area contributed by atoms with E-state index in [0.717, 1.165) is 55.0 Å². The summed E-state index contributed by atoms with van der Waals surface area (Å²) in [6, 6.07) is 7.80. The number of anilines is 3. The standard InChI is InChI=1S/C17H21N5O2/c1-21-4-6-22(7-5-21)17-11-16(18-12-19-17)20-13-2-3-14-15(10-13)24-9-8-23-14/h2-3,10-12H,4-9H2,1H3,(H,18,19,20). The molecule has 7 heteroatoms. The lowest BCUT2D eigenvalue weighted by Gasteiger charge is -2.33. The van der Waals surface area contributed by atoms with E-state index >= 15 is 0 Å². The van der Waals surface area contributed by atoms with Crippen molar-refractivity contribution in [1.29, 1.82) is 0 Å². The molecule has 1 saturated heterocycles. The third-order valence-electron chi connectivity index (χ3n) is 4.29. The number of benzene rings is 1. The second-order valence-electron chi connectivity index (χ2n) is 6.04. The Bertz CT molecular complexity index is 716. The van der Waals surface area contributed by atoms with Crippen LogP contribution < -0.4 is 19.7 Å². The van der Waals surface area contributed by atoms with Crippen LogP contribution in [0.15, 0.2) is 30.6 Å². The van der Waals surface area contributed by atoms with Gasteiger partial charge in [-0.1, -0.05) is 0 Å². The van der Waals surface area contributed by atoms with Gasteiger partial charge in [0.25, 0.3) is 0 Å². The van der Waals surface area contributed by atoms with Crippen LogP contribution >= 0.6 is 0 Å². The summed E-state index contributed by atoms with van der Waals surface area (Å²) in [5.41, 5.74) is 0.919. The molecule has 1 N–H and O–H groups in total. The van der Waals surface area contributed by atoms with E-state index in [1.165, 1.54) is 0 Å². The van der Waals surface area contributed by atoms with Crippen LogP contribution in [0.4, 0.5) is 17.3 Å². The Balaban J connectivity index is 1.49. The summed E-state index contributed by atoms with van der Waals surface area (Å²) >= 11 is 0. The molecule has 7 nitrogen and oxygen atoms in total. The first-order valence-electron chi connectivity index (χ1n) is 8.20. The monoisotopic (exact) mass is 327 g/mol. The largest absolute Gasteiger partial charge is 0.486 e. The zero-order chi connectivity index (χ0) is 16.4. The van der Waals surface area contributed by atoms with E-state index in [0.29, 0.717) is 13.2 Å². The summed E-state index contributed by atoms with van der Waals surface area (Å²) in [6.45, 7) is 5.25. The van der Waals surface area contributed by atoms with Gasteiger partial charge in [-0.05, 0) is 19.2 Å². The Hall–Kier alpha value is -2.54. The van der Waals surface area contributed by atoms with Gasteiger partial charge < -0.3 is 24.6 Å². The van der Waals surface area contributed by atoms with E-state index in [4.69, 9.17) is 9.47 Å². The molecule has 1 aromatic carbocycles. The lowest BCUT2D eigenvalue weighted by Crippen LogP contribution is -2.44. The Kier molecular flexibility index (Phi) is 4.08. The molecule has 0 amide bonds. The van der Waals surface area contributed by atoms with Gasteiger partial charge in [0.2, 0.25) is 0 Å². The van der Waals surface area contributed by atoms with Crippen molar-refractivity contribution in [3.63, 3.8) is 0 Å². The predicted molar refractivity (Wildman–Crippen MR) is 92.5 cm³/mol. The molecule has 0 saturated carbocycles. The van der Waals surface area contributed by atoms with E-state index in [9.17, 15) is 0 Å². The molecule has 0 atom stereocenters. The molecule has 4 rings (SSSR count). The van der Waals surface area contributed by atoms with Gasteiger partial charge in [0.15, 0.2) is 11.5 Å². The Morgan fingerprint density at radius 2 is 1.75 bits per heavy atom. The van der Waals surface area contributed by atoms with Crippen molar-refractivity contribution >= 4 is 17.3 Å². The summed E-state index contributed by atoms with van der Waals surface area (Å²) in [6.07, 6.45) is 1.61. The highest BCUT2D eigenvalue weighted by Gasteiger charge is 2.16. The maximum atomic E-state index is 5.62. The van der Waals surface area contributed by atoms with E-state index in [1.54, 1.807) is 6.33 Å². The van der Waals surface area contributed by atoms with Crippen molar-refractivity contribution in [1.82, 2.24) is 14.9 Å². The minimum atomic E-state index is 0.581. The quantitative estimate of drug-likeness (QED) is 0.921. The Labute approximate surface area is 141 Å². The molecule has 0 spiro atoms. The predicted octanol–water partition coefficient (Wildman–Crippen LogP) is 1.74. The minimum Gasteiger partial charge on any atom is -0.486 e. The van der Waals surface area contributed by atoms with Crippen LogP contribution in [0.1, 0.15) is 0 Å². The number of hydrogen-bond acceptors (Lipinski definition) is 7. The van der Waals surface area contributed by atoms with Crippen LogP contribution in [0.5, 0.6) is 11.5 Å². The number of likely N-dealkylation sites (N-methyl/N-ethyl adjacent to an activating group) is 1. The number of ether oxygens (including phenoxy) is 2. The molecular formula is C17H21N5O2. The fourth-order valence-corrected chi connectivity index (χ4v) is 2.89. The van der Waals surface area contributed by atoms with Crippen molar-refractivity contribution in [2.24, 2.45) is 0 Å². The number of hydrogen-bond donors (Lipinski definition) is 1. The zero-order valence-corrected chi connectivity index (χ0v) is 13.7. The van der Waals surface area contributed by atoms with Crippen LogP contribution in [-0.2, 0) is 0 Å². The molecule has 1 fully saturated rings. The van der Waals surface area contributed by atoms with Gasteiger partial charge in [0, 0.05) is 44.0 Å². The molecular weight excluding hydrogens is 306 g/mol. The van der Waals surface area contributed by atoms with Crippen molar-refractivity contribution in [2.75, 3.05) is 56.7 Å². The molecule has 0 bridgehead atoms. The maximum Gasteiger partial charge on any atom is 0.163 e. The van der Waals surface area contributed by atoms with Crippen LogP contribution in [0.3, 0.4) is 0 Å². The van der Waals surface area contributed by atoms with Crippen molar-refractivity contribution < 1.29 is 9.47 Å². The van der Waals surface area contributed by atoms with Gasteiger partial charge in [-0.25, -0.2) is 9.97 Å². The molecule has 2 aliphatic rings. The molecule has 24 heavy (non-hydrogen) atoms. The van der Waals surface area contributed by atoms with Gasteiger partial charge in [0.1, 0.15) is 31.2 Å². The molecule has 2 aromatic rings. The number of fused-ring (bicyclic) bond motifs is 1. The molecule has 0 radical (unpaired) electrons. The molecule has 3 heterocycles. The summed E-state index contributed by atoms with van der Waals surface area (Å²) in [4.78, 5) is 13.4. The normalized spacial score (nSPS) is 17.6. The molecule has 0 aliphatic carbocycles. The van der Waals surface area contributed by atoms with E-state index in [1.807, 2.05) is 24.3 Å². The highest BCUT2D eigenvalue weighted by molar-refractivity contribution is 5.63. The highest BCUT2D eigenvalue weighted by Crippen LogP contribution is 2.33. The van der Waals surface area contributed by atoms with E-state index < -0.39 is 0 Å². The van der Waals surface area contributed by atoms with Crippen molar-refractivity contribution in [3.8, 4) is 11.5 Å². The van der Waals surface area contributed by atoms with Gasteiger partial charge in [0.05, 0.1) is 0 Å². The smallest absolute Gasteiger partial charge is 0.163 e. The maximum absolute atomic E-state index is 5.62. The van der Waals surface area contributed by atoms with Gasteiger partial charge in [-0.2, -0.15) is 0 Å². The lowest BCUT2D eigenvalue weighted by molar-refractivity contribution is 0.171. The van der Waals surface area contributed by atoms with Gasteiger partial charge in [-0.3, -0.25) is 0 Å².